The zero-order valence-electron chi connectivity index (χ0n) is 5.84. The second kappa shape index (κ2) is 9.15. The summed E-state index contributed by atoms with van der Waals surface area (Å²) in [5, 5.41) is 1.08. The first-order valence-corrected chi connectivity index (χ1v) is 4.83. The molecule has 0 aromatic carbocycles. The third-order valence-electron chi connectivity index (χ3n) is 0.795. The minimum atomic E-state index is 0.0550. The van der Waals surface area contributed by atoms with Gasteiger partial charge in [-0.05, 0) is 0 Å². The van der Waals surface area contributed by atoms with Crippen LogP contribution in [0.1, 0.15) is 0 Å². The number of rotatable bonds is 7. The van der Waals surface area contributed by atoms with Crippen molar-refractivity contribution in [3.8, 4) is 0 Å². The van der Waals surface area contributed by atoms with Gasteiger partial charge in [0.25, 0.3) is 0 Å². The number of hydrogen-bond acceptors (Lipinski definition) is 3. The van der Waals surface area contributed by atoms with Crippen LogP contribution in [0.4, 0.5) is 0 Å². The predicted octanol–water partition coefficient (Wildman–Crippen LogP) is -0.819. The van der Waals surface area contributed by atoms with Gasteiger partial charge in [0.2, 0.25) is 0 Å². The molecule has 0 spiro atoms. The topological polar surface area (TPSA) is 35.5 Å². The summed E-state index contributed by atoms with van der Waals surface area (Å²) in [4.78, 5) is 9.61. The molecule has 0 aliphatic heterocycles. The van der Waals surface area contributed by atoms with Crippen molar-refractivity contribution in [1.82, 2.24) is 0 Å². The number of ether oxygens (including phenoxy) is 2. The van der Waals surface area contributed by atoms with Crippen molar-refractivity contribution >= 4 is 23.1 Å². The summed E-state index contributed by atoms with van der Waals surface area (Å²) >= 11 is 1.65. The van der Waals surface area contributed by atoms with Crippen LogP contribution in [-0.2, 0) is 14.3 Å². The summed E-state index contributed by atoms with van der Waals surface area (Å²) in [5.41, 5.74) is 0. The Morgan fingerprint density at radius 3 is 2.50 bits per heavy atom. The van der Waals surface area contributed by atoms with Crippen molar-refractivity contribution < 1.29 is 14.3 Å². The van der Waals surface area contributed by atoms with Gasteiger partial charge < -0.3 is 0 Å². The second-order valence-electron chi connectivity index (χ2n) is 1.60. The molecule has 1 radical (unpaired) electrons. The Labute approximate surface area is 69.6 Å². The Bertz CT molecular complexity index is 77.4. The molecule has 0 saturated carbocycles. The van der Waals surface area contributed by atoms with Gasteiger partial charge in [-0.1, -0.05) is 0 Å². The molecule has 0 N–H and O–H groups in total. The standard InChI is InChI=1S/C6H12AsO3/c7-1-3-9-5-6-10-4-2-8/h1,3-7H2. The molecule has 0 aliphatic rings. The molecule has 1 unspecified atom stereocenters. The monoisotopic (exact) mass is 207 g/mol. The average Bonchev–Trinajstić information content (AvgIpc) is 1.97. The quantitative estimate of drug-likeness (QED) is 0.404. The summed E-state index contributed by atoms with van der Waals surface area (Å²) in [6, 6.07) is 0. The molecule has 0 rings (SSSR count). The third-order valence-corrected chi connectivity index (χ3v) is 1.29. The summed E-state index contributed by atoms with van der Waals surface area (Å²) in [7, 11) is 0. The van der Waals surface area contributed by atoms with Crippen LogP contribution in [0, 0.1) is 0 Å². The van der Waals surface area contributed by atoms with Crippen LogP contribution < -0.4 is 0 Å². The number of carbonyl (C=O) groups excluding carboxylic acids is 1. The van der Waals surface area contributed by atoms with Gasteiger partial charge in [-0.2, -0.15) is 0 Å². The van der Waals surface area contributed by atoms with E-state index >= 15 is 0 Å². The molecule has 1 atom stereocenters. The van der Waals surface area contributed by atoms with Crippen LogP contribution in [0.15, 0.2) is 0 Å². The molecule has 0 saturated heterocycles. The Hall–Kier alpha value is 0.148. The SMILES string of the molecule is O=[C]COCCOCC[AsH2]. The van der Waals surface area contributed by atoms with Gasteiger partial charge >= 0.3 is 69.0 Å². The van der Waals surface area contributed by atoms with Crippen LogP contribution in [-0.4, -0.2) is 49.6 Å². The van der Waals surface area contributed by atoms with Crippen LogP contribution in [0.3, 0.4) is 0 Å². The van der Waals surface area contributed by atoms with E-state index in [0.717, 1.165) is 11.8 Å². The molecule has 0 aliphatic carbocycles. The zero-order valence-corrected chi connectivity index (χ0v) is 8.26. The van der Waals surface area contributed by atoms with Gasteiger partial charge in [-0.3, -0.25) is 0 Å². The first kappa shape index (κ1) is 10.1. The van der Waals surface area contributed by atoms with Gasteiger partial charge in [0.05, 0.1) is 0 Å². The fourth-order valence-electron chi connectivity index (χ4n) is 0.417. The summed E-state index contributed by atoms with van der Waals surface area (Å²) < 4.78 is 9.88. The van der Waals surface area contributed by atoms with Crippen LogP contribution >= 0.6 is 0 Å². The molecular formula is C6H12AsO3. The fraction of sp³-hybridized carbons (Fsp3) is 0.833. The van der Waals surface area contributed by atoms with Crippen LogP contribution in [0.2, 0.25) is 5.21 Å². The van der Waals surface area contributed by atoms with Crippen molar-refractivity contribution in [2.75, 3.05) is 26.4 Å². The number of hydrogen-bond donors (Lipinski definition) is 0. The van der Waals surface area contributed by atoms with Crippen molar-refractivity contribution in [2.24, 2.45) is 0 Å². The molecule has 3 nitrogen and oxygen atoms in total. The van der Waals surface area contributed by atoms with Crippen molar-refractivity contribution in [2.45, 2.75) is 5.21 Å². The molecule has 0 amide bonds. The summed E-state index contributed by atoms with van der Waals surface area (Å²) in [5.74, 6) is 0. The van der Waals surface area contributed by atoms with Gasteiger partial charge in [0.15, 0.2) is 0 Å². The molecular weight excluding hydrogens is 195 g/mol. The van der Waals surface area contributed by atoms with E-state index < -0.39 is 0 Å². The van der Waals surface area contributed by atoms with E-state index in [1.54, 1.807) is 23.1 Å². The maximum atomic E-state index is 9.61. The van der Waals surface area contributed by atoms with Gasteiger partial charge in [0.1, 0.15) is 0 Å². The van der Waals surface area contributed by atoms with E-state index in [4.69, 9.17) is 9.47 Å². The predicted molar refractivity (Wildman–Crippen MR) is 40.7 cm³/mol. The van der Waals surface area contributed by atoms with Crippen LogP contribution in [0.25, 0.3) is 0 Å². The Morgan fingerprint density at radius 2 is 1.90 bits per heavy atom. The van der Waals surface area contributed by atoms with Gasteiger partial charge in [0, 0.05) is 0 Å². The first-order valence-electron chi connectivity index (χ1n) is 3.12. The molecule has 0 bridgehead atoms. The van der Waals surface area contributed by atoms with Gasteiger partial charge in [-0.15, -0.1) is 0 Å². The Balaban J connectivity index is 2.70. The summed E-state index contributed by atoms with van der Waals surface area (Å²) in [6.07, 6.45) is 1.63. The molecule has 0 aromatic heterocycles. The van der Waals surface area contributed by atoms with E-state index in [2.05, 4.69) is 0 Å². The van der Waals surface area contributed by atoms with E-state index in [-0.39, 0.29) is 6.61 Å². The van der Waals surface area contributed by atoms with Crippen LogP contribution in [0.5, 0.6) is 0 Å². The third kappa shape index (κ3) is 8.15. The second-order valence-corrected chi connectivity index (χ2v) is 2.81. The molecule has 59 valence electrons. The van der Waals surface area contributed by atoms with E-state index in [0.29, 0.717) is 13.2 Å². The van der Waals surface area contributed by atoms with Gasteiger partial charge in [-0.25, -0.2) is 0 Å². The average molecular weight is 207 g/mol. The van der Waals surface area contributed by atoms with Crippen molar-refractivity contribution in [3.63, 3.8) is 0 Å². The normalized spacial score (nSPS) is 9.70. The van der Waals surface area contributed by atoms with E-state index in [1.165, 1.54) is 0 Å². The minimum absolute atomic E-state index is 0.0550. The Morgan fingerprint density at radius 1 is 1.20 bits per heavy atom. The molecule has 0 heterocycles. The van der Waals surface area contributed by atoms with Crippen molar-refractivity contribution in [3.05, 3.63) is 0 Å². The first-order chi connectivity index (χ1) is 4.91. The zero-order chi connectivity index (χ0) is 7.66. The molecule has 0 aromatic rings. The van der Waals surface area contributed by atoms with E-state index in [9.17, 15) is 4.79 Å². The molecule has 4 heteroatoms. The fourth-order valence-corrected chi connectivity index (χ4v) is 0.767. The maximum absolute atomic E-state index is 9.61. The Kier molecular flexibility index (Phi) is 9.28. The van der Waals surface area contributed by atoms with E-state index in [1.807, 2.05) is 0 Å². The van der Waals surface area contributed by atoms with Crippen molar-refractivity contribution in [1.29, 1.82) is 0 Å². The summed E-state index contributed by atoms with van der Waals surface area (Å²) in [6.45, 7) is 1.90. The molecule has 10 heavy (non-hydrogen) atoms. The molecule has 0 fully saturated rings.